The summed E-state index contributed by atoms with van der Waals surface area (Å²) in [7, 11) is -4.08. The third kappa shape index (κ3) is 8.29. The predicted octanol–water partition coefficient (Wildman–Crippen LogP) is 4.81. The molecule has 60 heavy (non-hydrogen) atoms. The molecule has 0 radical (unpaired) electrons. The van der Waals surface area contributed by atoms with E-state index in [0.29, 0.717) is 49.6 Å². The number of nitrogens with one attached hydrogen (secondary N) is 3. The maximum absolute atomic E-state index is 14.8. The minimum atomic E-state index is -4.90. The van der Waals surface area contributed by atoms with E-state index < -0.39 is 85.3 Å². The van der Waals surface area contributed by atoms with E-state index in [1.165, 1.54) is 11.0 Å². The number of sulfonamides is 1. The Labute approximate surface area is 347 Å². The Bertz CT molecular complexity index is 2210. The van der Waals surface area contributed by atoms with Gasteiger partial charge in [-0.1, -0.05) is 36.6 Å². The van der Waals surface area contributed by atoms with E-state index in [9.17, 15) is 40.8 Å². The Balaban J connectivity index is 1.12. The largest absolute Gasteiger partial charge is 0.483 e. The summed E-state index contributed by atoms with van der Waals surface area (Å²) in [5.41, 5.74) is -3.05. The summed E-state index contributed by atoms with van der Waals surface area (Å²) in [5, 5.41) is 6.04. The molecule has 2 saturated heterocycles. The number of alkyl halides is 3. The van der Waals surface area contributed by atoms with Gasteiger partial charge in [-0.25, -0.2) is 18.2 Å². The van der Waals surface area contributed by atoms with Gasteiger partial charge in [-0.3, -0.25) is 24.0 Å². The van der Waals surface area contributed by atoms with Gasteiger partial charge in [-0.15, -0.1) is 0 Å². The third-order valence-corrected chi connectivity index (χ3v) is 15.5. The van der Waals surface area contributed by atoms with E-state index in [2.05, 4.69) is 25.2 Å². The van der Waals surface area contributed by atoms with Crippen LogP contribution in [0.3, 0.4) is 0 Å². The van der Waals surface area contributed by atoms with Crippen LogP contribution in [-0.4, -0.2) is 108 Å². The van der Waals surface area contributed by atoms with Crippen LogP contribution in [0.5, 0.6) is 5.75 Å². The normalized spacial score (nSPS) is 29.9. The molecule has 6 aliphatic rings. The van der Waals surface area contributed by atoms with Gasteiger partial charge in [0.1, 0.15) is 29.8 Å². The number of benzene rings is 1. The number of likely N-dealkylation sites (tertiary alicyclic amines) is 1. The summed E-state index contributed by atoms with van der Waals surface area (Å²) in [4.78, 5) is 64.1. The Morgan fingerprint density at radius 2 is 1.83 bits per heavy atom. The zero-order valence-electron chi connectivity index (χ0n) is 34.0. The molecular weight excluding hydrogens is 806 g/mol. The van der Waals surface area contributed by atoms with Crippen LogP contribution in [0.2, 0.25) is 0 Å². The number of allylic oxidation sites excluding steroid dienone is 1. The number of fused-ring (bicyclic) bond motifs is 5. The molecule has 3 N–H and O–H groups in total. The fourth-order valence-electron chi connectivity index (χ4n) is 9.29. The van der Waals surface area contributed by atoms with E-state index in [4.69, 9.17) is 9.47 Å². The second-order valence-electron chi connectivity index (χ2n) is 17.9. The Morgan fingerprint density at radius 3 is 2.57 bits per heavy atom. The van der Waals surface area contributed by atoms with E-state index >= 15 is 0 Å². The number of hydrogen-bond donors (Lipinski definition) is 3. The van der Waals surface area contributed by atoms with Gasteiger partial charge < -0.3 is 25.0 Å². The first-order valence-corrected chi connectivity index (χ1v) is 22.6. The summed E-state index contributed by atoms with van der Waals surface area (Å²) in [6, 6.07) is 2.46. The number of pyridine rings is 1. The van der Waals surface area contributed by atoms with Crippen molar-refractivity contribution in [2.75, 3.05) is 32.8 Å². The molecule has 4 fully saturated rings. The first-order chi connectivity index (χ1) is 28.4. The number of aryl methyl sites for hydroxylation is 2. The smallest absolute Gasteiger partial charge is 0.437 e. The van der Waals surface area contributed by atoms with Crippen LogP contribution in [-0.2, 0) is 41.7 Å². The quantitative estimate of drug-likeness (QED) is 0.328. The molecule has 0 unspecified atom stereocenters. The highest BCUT2D eigenvalue weighted by molar-refractivity contribution is 7.91. The van der Waals surface area contributed by atoms with Crippen molar-refractivity contribution in [3.8, 4) is 5.75 Å². The molecule has 2 saturated carbocycles. The minimum absolute atomic E-state index is 0.101. The van der Waals surface area contributed by atoms with E-state index in [1.54, 1.807) is 25.1 Å². The molecule has 1 aromatic heterocycles. The zero-order valence-corrected chi connectivity index (χ0v) is 34.8. The monoisotopic (exact) mass is 858 g/mol. The Kier molecular flexibility index (Phi) is 11.1. The molecule has 5 atom stereocenters. The van der Waals surface area contributed by atoms with Gasteiger partial charge in [-0.2, -0.15) is 13.2 Å². The van der Waals surface area contributed by atoms with Crippen LogP contribution in [0.4, 0.5) is 18.0 Å². The second-order valence-corrected chi connectivity index (χ2v) is 20.1. The van der Waals surface area contributed by atoms with Crippen molar-refractivity contribution in [3.63, 3.8) is 0 Å². The molecule has 2 aromatic rings. The standard InChI is InChI=1S/C42H53F3N6O8S/c1-26-12-13-30-29(22-26)28-14-15-40(59-33(28)34(46-30)42(43,44)45)24-32-35(52)48-41(37(54)49-60(56,57)39(2)16-17-39)23-27(41)10-6-4-3-5-7-11-31(36(53)51(32)25-40)47-38(55)58-21-20-50-18-8-9-19-50/h6,10,12-13,22,27,31-32H,3-5,7-9,11,14-21,23-25H2,1-2H3,(H,47,55)(H,48,52)(H,49,54)/b10-6-/t27-,31+,32+,40-,41-/m1/s1. The molecule has 4 aliphatic heterocycles. The highest BCUT2D eigenvalue weighted by Crippen LogP contribution is 2.50. The Hall–Kier alpha value is -4.45. The zero-order chi connectivity index (χ0) is 42.7. The molecule has 14 nitrogen and oxygen atoms in total. The van der Waals surface area contributed by atoms with Crippen LogP contribution in [0.1, 0.15) is 101 Å². The van der Waals surface area contributed by atoms with Crippen LogP contribution in [0.25, 0.3) is 10.9 Å². The number of carbonyl (C=O) groups is 4. The van der Waals surface area contributed by atoms with Crippen LogP contribution < -0.4 is 20.1 Å². The number of carbonyl (C=O) groups excluding carboxylic acids is 4. The lowest BCUT2D eigenvalue weighted by Gasteiger charge is -2.37. The maximum atomic E-state index is 14.8. The molecule has 8 rings (SSSR count). The van der Waals surface area contributed by atoms with Crippen molar-refractivity contribution < 1.29 is 50.2 Å². The molecule has 1 spiro atoms. The average molecular weight is 859 g/mol. The number of halogens is 3. The van der Waals surface area contributed by atoms with Gasteiger partial charge in [-0.05, 0) is 103 Å². The molecule has 18 heteroatoms. The number of nitrogens with zero attached hydrogens (tertiary/aromatic N) is 3. The SMILES string of the molecule is Cc1ccc2nc(C(F)(F)F)c3c(c2c1)CC[C@]1(C[C@H]2C(=O)N[C@]4(C(=O)NS(=O)(=O)C5(C)CC5)C[C@H]4/C=C\CCCCC[C@H](NC(=O)OCCN4CCCC4)C(=O)N2C1)O3. The lowest BCUT2D eigenvalue weighted by atomic mass is 9.86. The number of ether oxygens (including phenoxy) is 2. The first-order valence-electron chi connectivity index (χ1n) is 21.1. The predicted molar refractivity (Wildman–Crippen MR) is 213 cm³/mol. The van der Waals surface area contributed by atoms with E-state index in [0.717, 1.165) is 37.9 Å². The van der Waals surface area contributed by atoms with Crippen molar-refractivity contribution >= 4 is 44.7 Å². The van der Waals surface area contributed by atoms with Crippen LogP contribution >= 0.6 is 0 Å². The van der Waals surface area contributed by atoms with Crippen LogP contribution in [0.15, 0.2) is 30.4 Å². The van der Waals surface area contributed by atoms with Gasteiger partial charge in [0.05, 0.1) is 16.8 Å². The molecule has 1 aromatic carbocycles. The van der Waals surface area contributed by atoms with Gasteiger partial charge in [0, 0.05) is 29.8 Å². The van der Waals surface area contributed by atoms with Crippen LogP contribution in [0, 0.1) is 12.8 Å². The number of aromatic nitrogens is 1. The van der Waals surface area contributed by atoms with Crippen molar-refractivity contribution in [2.24, 2.45) is 5.92 Å². The molecular formula is C42H53F3N6O8S. The summed E-state index contributed by atoms with van der Waals surface area (Å²) in [6.07, 6.45) is 3.74. The summed E-state index contributed by atoms with van der Waals surface area (Å²) in [5.74, 6) is -3.34. The van der Waals surface area contributed by atoms with Gasteiger partial charge in [0.25, 0.3) is 5.91 Å². The number of rotatable bonds is 7. The van der Waals surface area contributed by atoms with Gasteiger partial charge >= 0.3 is 12.3 Å². The number of alkyl carbamates (subject to hydrolysis) is 1. The molecule has 2 aliphatic carbocycles. The molecule has 0 bridgehead atoms. The molecule has 326 valence electrons. The molecule has 4 amide bonds. The lowest BCUT2D eigenvalue weighted by Crippen LogP contribution is -2.58. The van der Waals surface area contributed by atoms with Crippen molar-refractivity contribution in [1.29, 1.82) is 0 Å². The van der Waals surface area contributed by atoms with Gasteiger partial charge in [0.2, 0.25) is 21.8 Å². The average Bonchev–Trinajstić information content (AvgIpc) is 3.98. The third-order valence-electron chi connectivity index (χ3n) is 13.4. The van der Waals surface area contributed by atoms with Crippen molar-refractivity contribution in [2.45, 2.75) is 131 Å². The topological polar surface area (TPSA) is 176 Å². The molecule has 5 heterocycles. The summed E-state index contributed by atoms with van der Waals surface area (Å²) < 4.78 is 83.7. The second kappa shape index (κ2) is 15.8. The minimum Gasteiger partial charge on any atom is -0.483 e. The fourth-order valence-corrected chi connectivity index (χ4v) is 10.6. The Morgan fingerprint density at radius 1 is 1.07 bits per heavy atom. The summed E-state index contributed by atoms with van der Waals surface area (Å²) >= 11 is 0. The highest BCUT2D eigenvalue weighted by atomic mass is 32.2. The maximum Gasteiger partial charge on any atom is 0.437 e. The van der Waals surface area contributed by atoms with Crippen molar-refractivity contribution in [3.05, 3.63) is 47.2 Å². The van der Waals surface area contributed by atoms with Crippen molar-refractivity contribution in [1.82, 2.24) is 30.1 Å². The first kappa shape index (κ1) is 42.2. The van der Waals surface area contributed by atoms with E-state index in [-0.39, 0.29) is 50.8 Å². The summed E-state index contributed by atoms with van der Waals surface area (Å²) in [6.45, 7) is 5.52. The van der Waals surface area contributed by atoms with E-state index in [1.807, 2.05) is 13.0 Å². The fraction of sp³-hybridized carbons (Fsp3) is 0.643. The van der Waals surface area contributed by atoms with Gasteiger partial charge in [0.15, 0.2) is 11.4 Å². The highest BCUT2D eigenvalue weighted by Gasteiger charge is 2.64. The number of hydrogen-bond acceptors (Lipinski definition) is 10. The number of amides is 4. The lowest BCUT2D eigenvalue weighted by molar-refractivity contribution is -0.144.